The monoisotopic (exact) mass is 559 g/mol. The molecule has 0 saturated carbocycles. The van der Waals surface area contributed by atoms with Crippen LogP contribution < -0.4 is 21.9 Å². The summed E-state index contributed by atoms with van der Waals surface area (Å²) in [5.41, 5.74) is -3.19. The van der Waals surface area contributed by atoms with Gasteiger partial charge < -0.3 is 0 Å². The maximum absolute atomic E-state index is 14.9. The number of halogens is 11. The zero-order valence-electron chi connectivity index (χ0n) is 19.8. The summed E-state index contributed by atoms with van der Waals surface area (Å²) >= 11 is 0. The van der Waals surface area contributed by atoms with Gasteiger partial charge in [0.15, 0.2) is 64.0 Å². The summed E-state index contributed by atoms with van der Waals surface area (Å²) in [5.74, 6) is -20.1. The van der Waals surface area contributed by atoms with Crippen LogP contribution in [0.25, 0.3) is 0 Å². The Labute approximate surface area is 214 Å². The van der Waals surface area contributed by atoms with E-state index in [-0.39, 0.29) is 18.4 Å². The Morgan fingerprint density at radius 2 is 0.667 bits per heavy atom. The van der Waals surface area contributed by atoms with Gasteiger partial charge in [-0.15, -0.1) is 0 Å². The summed E-state index contributed by atoms with van der Waals surface area (Å²) < 4.78 is 159. The van der Waals surface area contributed by atoms with E-state index >= 15 is 0 Å². The van der Waals surface area contributed by atoms with E-state index in [1.54, 1.807) is 6.92 Å². The second-order valence-corrected chi connectivity index (χ2v) is 8.99. The van der Waals surface area contributed by atoms with Crippen molar-refractivity contribution in [1.82, 2.24) is 0 Å². The number of hydrogen-bond acceptors (Lipinski definition) is 0. The third-order valence-corrected chi connectivity index (χ3v) is 6.66. The fourth-order valence-electron chi connectivity index (χ4n) is 5.00. The highest BCUT2D eigenvalue weighted by molar-refractivity contribution is 7.19. The molecule has 4 rings (SSSR count). The van der Waals surface area contributed by atoms with Gasteiger partial charge >= 0.3 is 0 Å². The van der Waals surface area contributed by atoms with Gasteiger partial charge in [-0.25, -0.2) is 48.3 Å². The second-order valence-electron chi connectivity index (χ2n) is 8.99. The van der Waals surface area contributed by atoms with Crippen LogP contribution in [-0.4, -0.2) is 6.15 Å². The zero-order chi connectivity index (χ0) is 28.8. The lowest BCUT2D eigenvalue weighted by Gasteiger charge is -2.44. The van der Waals surface area contributed by atoms with Gasteiger partial charge in [0.25, 0.3) is 0 Å². The summed E-state index contributed by atoms with van der Waals surface area (Å²) in [5, 5.41) is 0. The molecule has 204 valence electrons. The first kappa shape index (κ1) is 28.2. The van der Waals surface area contributed by atoms with Crippen LogP contribution in [0.5, 0.6) is 0 Å². The predicted octanol–water partition coefficient (Wildman–Crippen LogP) is 5.55. The number of rotatable bonds is 6. The van der Waals surface area contributed by atoms with Crippen LogP contribution in [0.3, 0.4) is 0 Å². The second kappa shape index (κ2) is 10.4. The van der Waals surface area contributed by atoms with Gasteiger partial charge in [-0.05, 0) is 12.0 Å². The van der Waals surface area contributed by atoms with Crippen molar-refractivity contribution in [3.05, 3.63) is 118 Å². The van der Waals surface area contributed by atoms with E-state index in [0.717, 1.165) is 6.07 Å². The van der Waals surface area contributed by atoms with Gasteiger partial charge in [-0.2, -0.15) is 21.9 Å². The first-order valence-electron chi connectivity index (χ1n) is 11.4. The van der Waals surface area contributed by atoms with Crippen LogP contribution in [0.1, 0.15) is 18.9 Å². The molecule has 0 bridgehead atoms. The molecule has 39 heavy (non-hydrogen) atoms. The molecule has 0 amide bonds. The molecule has 0 nitrogen and oxygen atoms in total. The molecule has 0 fully saturated rings. The van der Waals surface area contributed by atoms with Gasteiger partial charge in [-0.1, -0.05) is 61.9 Å². The maximum atomic E-state index is 14.9. The molecule has 0 spiro atoms. The highest BCUT2D eigenvalue weighted by Crippen LogP contribution is 2.21. The fourth-order valence-corrected chi connectivity index (χ4v) is 5.00. The molecule has 0 aliphatic rings. The molecule has 0 aromatic heterocycles. The van der Waals surface area contributed by atoms with Crippen molar-refractivity contribution < 1.29 is 48.3 Å². The van der Waals surface area contributed by atoms with Crippen molar-refractivity contribution in [1.29, 1.82) is 0 Å². The molecular formula is C27H15BF11-. The summed E-state index contributed by atoms with van der Waals surface area (Å²) in [7, 11) is 0. The number of aryl methyl sites for hydroxylation is 1. The van der Waals surface area contributed by atoms with Gasteiger partial charge in [0.05, 0.1) is 0 Å². The molecule has 0 N–H and O–H groups in total. The van der Waals surface area contributed by atoms with Crippen LogP contribution in [0.2, 0.25) is 0 Å². The molecule has 0 unspecified atom stereocenters. The Bertz CT molecular complexity index is 1390. The van der Waals surface area contributed by atoms with Crippen molar-refractivity contribution >= 4 is 28.0 Å². The lowest BCUT2D eigenvalue weighted by atomic mass is 9.13. The third-order valence-electron chi connectivity index (χ3n) is 6.66. The average molecular weight is 559 g/mol. The van der Waals surface area contributed by atoms with Crippen molar-refractivity contribution in [3.8, 4) is 0 Å². The zero-order valence-corrected chi connectivity index (χ0v) is 19.8. The molecule has 12 heteroatoms. The molecule has 0 aliphatic carbocycles. The topological polar surface area (TPSA) is 0 Å². The smallest absolute Gasteiger partial charge is 0.194 e. The van der Waals surface area contributed by atoms with Gasteiger partial charge in [0.2, 0.25) is 0 Å². The Morgan fingerprint density at radius 3 is 0.949 bits per heavy atom. The molecule has 4 aromatic carbocycles. The Kier molecular flexibility index (Phi) is 7.51. The van der Waals surface area contributed by atoms with Gasteiger partial charge in [0.1, 0.15) is 6.15 Å². The molecule has 0 aliphatic heterocycles. The highest BCUT2D eigenvalue weighted by atomic mass is 19.2. The first-order chi connectivity index (χ1) is 18.3. The minimum atomic E-state index is -3.79. The Balaban J connectivity index is 2.32. The maximum Gasteiger partial charge on any atom is 0.194 e. The van der Waals surface area contributed by atoms with E-state index in [4.69, 9.17) is 0 Å². The van der Waals surface area contributed by atoms with E-state index in [1.165, 1.54) is 0 Å². The fraction of sp³-hybridized carbons (Fsp3) is 0.111. The van der Waals surface area contributed by atoms with Crippen LogP contribution in [0, 0.1) is 64.0 Å². The van der Waals surface area contributed by atoms with Crippen molar-refractivity contribution in [2.24, 2.45) is 0 Å². The molecule has 4 aromatic rings. The molecule has 0 atom stereocenters. The van der Waals surface area contributed by atoms with Gasteiger partial charge in [-0.3, -0.25) is 0 Å². The van der Waals surface area contributed by atoms with Crippen LogP contribution >= 0.6 is 0 Å². The summed E-state index contributed by atoms with van der Waals surface area (Å²) in [6.45, 7) is 1.59. The SMILES string of the molecule is CCCc1cc([B-](c2cc(F)c(F)c(F)c2)(c2cc(F)c(F)c(F)c2)c2cc(F)c(F)c(F)c2)cc(F)c1F. The Hall–Kier alpha value is -3.83. The van der Waals surface area contributed by atoms with E-state index < -0.39 is 92.0 Å². The molecule has 0 saturated heterocycles. The third kappa shape index (κ3) is 4.66. The molecule has 0 heterocycles. The Morgan fingerprint density at radius 1 is 0.410 bits per heavy atom. The lowest BCUT2D eigenvalue weighted by molar-refractivity contribution is 0.447. The van der Waals surface area contributed by atoms with E-state index in [2.05, 4.69) is 0 Å². The summed E-state index contributed by atoms with van der Waals surface area (Å²) in [4.78, 5) is 0. The normalized spacial score (nSPS) is 11.8. The van der Waals surface area contributed by atoms with E-state index in [9.17, 15) is 48.3 Å². The first-order valence-corrected chi connectivity index (χ1v) is 11.4. The van der Waals surface area contributed by atoms with Crippen molar-refractivity contribution in [3.63, 3.8) is 0 Å². The highest BCUT2D eigenvalue weighted by Gasteiger charge is 2.37. The van der Waals surface area contributed by atoms with Gasteiger partial charge in [0, 0.05) is 0 Å². The van der Waals surface area contributed by atoms with E-state index in [1.807, 2.05) is 0 Å². The quantitative estimate of drug-likeness (QED) is 0.165. The van der Waals surface area contributed by atoms with Crippen LogP contribution in [0.4, 0.5) is 48.3 Å². The number of hydrogen-bond donors (Lipinski definition) is 0. The minimum Gasteiger partial charge on any atom is -0.204 e. The van der Waals surface area contributed by atoms with E-state index in [0.29, 0.717) is 42.5 Å². The number of benzene rings is 4. The van der Waals surface area contributed by atoms with Crippen LogP contribution in [-0.2, 0) is 6.42 Å². The lowest BCUT2D eigenvalue weighted by Crippen LogP contribution is -2.75. The van der Waals surface area contributed by atoms with Crippen molar-refractivity contribution in [2.45, 2.75) is 19.8 Å². The predicted molar refractivity (Wildman–Crippen MR) is 124 cm³/mol. The standard InChI is InChI=1S/C27H15BF11/c1-2-3-12-4-13(5-17(29)24(12)36)28(14-6-18(30)25(37)19(31)7-14,15-8-20(32)26(38)21(33)9-15)16-10-22(34)27(39)23(35)11-16/h4-11H,2-3H2,1H3/q-1. The summed E-state index contributed by atoms with van der Waals surface area (Å²) in [6, 6.07) is 3.28. The summed E-state index contributed by atoms with van der Waals surface area (Å²) in [6.07, 6.45) is -3.68. The van der Waals surface area contributed by atoms with Crippen molar-refractivity contribution in [2.75, 3.05) is 0 Å². The van der Waals surface area contributed by atoms with Crippen LogP contribution in [0.15, 0.2) is 48.5 Å². The average Bonchev–Trinajstić information content (AvgIpc) is 2.87. The largest absolute Gasteiger partial charge is 0.204 e. The molecule has 0 radical (unpaired) electrons. The molecular weight excluding hydrogens is 544 g/mol. The minimum absolute atomic E-state index is 0.132.